The van der Waals surface area contributed by atoms with Crippen molar-refractivity contribution in [1.82, 2.24) is 9.91 Å². The third kappa shape index (κ3) is 1.81. The molecule has 64 valence electrons. The molecule has 5 heteroatoms. The van der Waals surface area contributed by atoms with Crippen LogP contribution in [0.5, 0.6) is 0 Å². The van der Waals surface area contributed by atoms with Gasteiger partial charge in [-0.3, -0.25) is 5.01 Å². The maximum Gasteiger partial charge on any atom is 0.211 e. The molecule has 0 aromatic carbocycles. The predicted molar refractivity (Wildman–Crippen MR) is 42.9 cm³/mol. The molecule has 0 atom stereocenters. The van der Waals surface area contributed by atoms with Gasteiger partial charge in [0, 0.05) is 13.6 Å². The molecule has 1 fully saturated rings. The van der Waals surface area contributed by atoms with E-state index >= 15 is 0 Å². The van der Waals surface area contributed by atoms with Crippen molar-refractivity contribution in [1.29, 1.82) is 0 Å². The smallest absolute Gasteiger partial charge is 0.211 e. The summed E-state index contributed by atoms with van der Waals surface area (Å²) in [5.41, 5.74) is 0. The maximum absolute atomic E-state index is 8.51. The highest BCUT2D eigenvalue weighted by molar-refractivity contribution is 5.81. The Morgan fingerprint density at radius 1 is 1.64 bits per heavy atom. The maximum atomic E-state index is 8.51. The third-order valence-electron chi connectivity index (χ3n) is 1.63. The Bertz CT molecular complexity index is 147. The topological polar surface area (TPSA) is 65.1 Å². The number of nitrogens with zero attached hydrogens (tertiary/aromatic N) is 3. The van der Waals surface area contributed by atoms with Crippen LogP contribution in [0.15, 0.2) is 4.99 Å². The minimum Gasteiger partial charge on any atom is -0.394 e. The number of aliphatic imine (C=N–C) groups is 1. The van der Waals surface area contributed by atoms with E-state index in [1.807, 2.05) is 11.9 Å². The molecule has 0 radical (unpaired) electrons. The molecule has 1 heterocycles. The molecule has 0 bridgehead atoms. The number of rotatable bonds is 2. The Labute approximate surface area is 66.1 Å². The van der Waals surface area contributed by atoms with E-state index in [0.29, 0.717) is 6.54 Å². The van der Waals surface area contributed by atoms with E-state index in [2.05, 4.69) is 4.99 Å². The van der Waals surface area contributed by atoms with E-state index < -0.39 is 0 Å². The van der Waals surface area contributed by atoms with E-state index in [1.54, 1.807) is 5.01 Å². The number of likely N-dealkylation sites (N-methyl/N-ethyl adjacent to an activating group) is 1. The van der Waals surface area contributed by atoms with Crippen molar-refractivity contribution in [3.63, 3.8) is 0 Å². The van der Waals surface area contributed by atoms with Gasteiger partial charge in [-0.05, 0) is 0 Å². The summed E-state index contributed by atoms with van der Waals surface area (Å²) in [6.07, 6.45) is 0. The molecule has 11 heavy (non-hydrogen) atoms. The van der Waals surface area contributed by atoms with E-state index in [0.717, 1.165) is 19.0 Å². The number of aliphatic hydroxyl groups is 1. The number of hydrogen-bond acceptors (Lipinski definition) is 3. The van der Waals surface area contributed by atoms with Crippen molar-refractivity contribution >= 4 is 5.96 Å². The van der Waals surface area contributed by atoms with Crippen LogP contribution in [0.3, 0.4) is 0 Å². The molecule has 0 saturated carbocycles. The van der Waals surface area contributed by atoms with Crippen LogP contribution >= 0.6 is 0 Å². The van der Waals surface area contributed by atoms with Crippen LogP contribution in [0, 0.1) is 0 Å². The quantitative estimate of drug-likeness (QED) is 0.478. The van der Waals surface area contributed by atoms with E-state index in [1.165, 1.54) is 0 Å². The summed E-state index contributed by atoms with van der Waals surface area (Å²) in [7, 11) is 1.93. The van der Waals surface area contributed by atoms with Crippen LogP contribution in [0.2, 0.25) is 0 Å². The van der Waals surface area contributed by atoms with Gasteiger partial charge in [-0.15, -0.1) is 0 Å². The fraction of sp³-hybridized carbons (Fsp3) is 0.833. The first-order valence-corrected chi connectivity index (χ1v) is 3.64. The normalized spacial score (nSPS) is 21.9. The summed E-state index contributed by atoms with van der Waals surface area (Å²) in [5, 5.41) is 10.1. The molecule has 3 N–H and O–H groups in total. The molecule has 0 spiro atoms. The Balaban J connectivity index is 2.53. The SMILES string of the molecule is CN1CCN(N)C1=NCCO. The molecular formula is C6H14N4O. The van der Waals surface area contributed by atoms with Crippen LogP contribution in [-0.4, -0.2) is 54.3 Å². The fourth-order valence-corrected chi connectivity index (χ4v) is 1.04. The Morgan fingerprint density at radius 3 is 2.82 bits per heavy atom. The van der Waals surface area contributed by atoms with Gasteiger partial charge in [-0.1, -0.05) is 0 Å². The van der Waals surface area contributed by atoms with Crippen molar-refractivity contribution in [3.05, 3.63) is 0 Å². The van der Waals surface area contributed by atoms with Gasteiger partial charge >= 0.3 is 0 Å². The van der Waals surface area contributed by atoms with Gasteiger partial charge < -0.3 is 10.0 Å². The second-order valence-corrected chi connectivity index (χ2v) is 2.52. The van der Waals surface area contributed by atoms with Crippen molar-refractivity contribution in [3.8, 4) is 0 Å². The highest BCUT2D eigenvalue weighted by atomic mass is 16.3. The highest BCUT2D eigenvalue weighted by Crippen LogP contribution is 2.00. The molecule has 0 amide bonds. The Morgan fingerprint density at radius 2 is 2.36 bits per heavy atom. The fourth-order valence-electron chi connectivity index (χ4n) is 1.04. The largest absolute Gasteiger partial charge is 0.394 e. The number of aliphatic hydroxyl groups excluding tert-OH is 1. The van der Waals surface area contributed by atoms with E-state index in [-0.39, 0.29) is 6.61 Å². The molecular weight excluding hydrogens is 144 g/mol. The molecule has 1 saturated heterocycles. The molecule has 5 nitrogen and oxygen atoms in total. The molecule has 0 aromatic rings. The summed E-state index contributed by atoms with van der Waals surface area (Å²) >= 11 is 0. The second kappa shape index (κ2) is 3.54. The van der Waals surface area contributed by atoms with E-state index in [4.69, 9.17) is 10.9 Å². The summed E-state index contributed by atoms with van der Waals surface area (Å²) in [6, 6.07) is 0. The van der Waals surface area contributed by atoms with Gasteiger partial charge in [0.1, 0.15) is 0 Å². The third-order valence-corrected chi connectivity index (χ3v) is 1.63. The van der Waals surface area contributed by atoms with Crippen molar-refractivity contribution in [2.24, 2.45) is 10.8 Å². The summed E-state index contributed by atoms with van der Waals surface area (Å²) in [5.74, 6) is 6.35. The summed E-state index contributed by atoms with van der Waals surface area (Å²) in [6.45, 7) is 2.21. The Hall–Kier alpha value is -0.810. The minimum absolute atomic E-state index is 0.0746. The van der Waals surface area contributed by atoms with Gasteiger partial charge in [0.05, 0.1) is 19.7 Å². The summed E-state index contributed by atoms with van der Waals surface area (Å²) in [4.78, 5) is 6.07. The predicted octanol–water partition coefficient (Wildman–Crippen LogP) is -1.54. The van der Waals surface area contributed by atoms with E-state index in [9.17, 15) is 0 Å². The molecule has 0 aliphatic carbocycles. The average Bonchev–Trinajstić information content (AvgIpc) is 2.29. The van der Waals surface area contributed by atoms with Crippen LogP contribution in [0.25, 0.3) is 0 Å². The zero-order chi connectivity index (χ0) is 8.27. The number of guanidine groups is 1. The first-order chi connectivity index (χ1) is 5.25. The lowest BCUT2D eigenvalue weighted by molar-refractivity contribution is 0.305. The monoisotopic (exact) mass is 158 g/mol. The molecule has 1 aliphatic rings. The molecule has 0 aromatic heterocycles. The minimum atomic E-state index is 0.0746. The lowest BCUT2D eigenvalue weighted by atomic mass is 10.6. The number of hydrazine groups is 1. The molecule has 1 rings (SSSR count). The first-order valence-electron chi connectivity index (χ1n) is 3.64. The Kier molecular flexibility index (Phi) is 2.67. The van der Waals surface area contributed by atoms with Gasteiger partial charge in [0.2, 0.25) is 5.96 Å². The molecule has 1 aliphatic heterocycles. The van der Waals surface area contributed by atoms with Crippen molar-refractivity contribution in [2.45, 2.75) is 0 Å². The number of nitrogens with two attached hydrogens (primary N) is 1. The standard InChI is InChI=1S/C6H14N4O/c1-9-3-4-10(7)6(9)8-2-5-11/h11H,2-5,7H2,1H3. The van der Waals surface area contributed by atoms with Gasteiger partial charge in [0.15, 0.2) is 0 Å². The zero-order valence-electron chi connectivity index (χ0n) is 6.69. The lowest BCUT2D eigenvalue weighted by Gasteiger charge is -2.14. The average molecular weight is 158 g/mol. The van der Waals surface area contributed by atoms with Crippen LogP contribution in [0.1, 0.15) is 0 Å². The van der Waals surface area contributed by atoms with Gasteiger partial charge in [-0.25, -0.2) is 10.8 Å². The van der Waals surface area contributed by atoms with Crippen molar-refractivity contribution in [2.75, 3.05) is 33.3 Å². The summed E-state index contributed by atoms with van der Waals surface area (Å²) < 4.78 is 0. The second-order valence-electron chi connectivity index (χ2n) is 2.52. The van der Waals surface area contributed by atoms with Crippen LogP contribution in [-0.2, 0) is 0 Å². The molecule has 0 unspecified atom stereocenters. The number of hydrogen-bond donors (Lipinski definition) is 2. The van der Waals surface area contributed by atoms with Gasteiger partial charge in [0.25, 0.3) is 0 Å². The highest BCUT2D eigenvalue weighted by Gasteiger charge is 2.19. The lowest BCUT2D eigenvalue weighted by Crippen LogP contribution is -2.36. The first kappa shape index (κ1) is 8.29. The van der Waals surface area contributed by atoms with Crippen LogP contribution < -0.4 is 5.84 Å². The van der Waals surface area contributed by atoms with Crippen LogP contribution in [0.4, 0.5) is 0 Å². The van der Waals surface area contributed by atoms with Crippen molar-refractivity contribution < 1.29 is 5.11 Å². The van der Waals surface area contributed by atoms with Gasteiger partial charge in [-0.2, -0.15) is 0 Å². The zero-order valence-corrected chi connectivity index (χ0v) is 6.69.